The fourth-order valence-electron chi connectivity index (χ4n) is 5.75. The third-order valence-electron chi connectivity index (χ3n) is 7.68. The number of rotatable bonds is 8. The van der Waals surface area contributed by atoms with E-state index in [9.17, 15) is 4.79 Å². The molecule has 0 radical (unpaired) electrons. The number of imidazole rings is 1. The summed E-state index contributed by atoms with van der Waals surface area (Å²) in [5, 5.41) is 0. The molecule has 1 amide bonds. The number of morpholine rings is 1. The van der Waals surface area contributed by atoms with Gasteiger partial charge in [-0.1, -0.05) is 103 Å². The first-order valence-corrected chi connectivity index (χ1v) is 14.1. The van der Waals surface area contributed by atoms with Gasteiger partial charge in [-0.3, -0.25) is 4.79 Å². The number of carbonyl (C=O) groups is 1. The van der Waals surface area contributed by atoms with Crippen molar-refractivity contribution in [3.63, 3.8) is 0 Å². The van der Waals surface area contributed by atoms with Gasteiger partial charge in [-0.2, -0.15) is 0 Å². The van der Waals surface area contributed by atoms with Gasteiger partial charge in [-0.05, 0) is 41.3 Å². The molecule has 1 aliphatic rings. The van der Waals surface area contributed by atoms with Gasteiger partial charge in [0.25, 0.3) is 5.91 Å². The Hall–Kier alpha value is -5.10. The summed E-state index contributed by atoms with van der Waals surface area (Å²) in [6, 6.07) is 39.1. The molecule has 1 atom stereocenters. The zero-order valence-electron chi connectivity index (χ0n) is 23.8. The van der Waals surface area contributed by atoms with E-state index in [1.807, 2.05) is 66.8 Å². The molecule has 6 nitrogen and oxygen atoms in total. The van der Waals surface area contributed by atoms with Crippen molar-refractivity contribution in [2.75, 3.05) is 13.7 Å². The van der Waals surface area contributed by atoms with Crippen molar-refractivity contribution in [2.24, 2.45) is 0 Å². The van der Waals surface area contributed by atoms with Gasteiger partial charge >= 0.3 is 0 Å². The van der Waals surface area contributed by atoms with E-state index in [-0.39, 0.29) is 17.8 Å². The second-order valence-electron chi connectivity index (χ2n) is 10.5. The molecule has 0 spiro atoms. The molecule has 6 rings (SSSR count). The van der Waals surface area contributed by atoms with Crippen molar-refractivity contribution in [1.82, 2.24) is 14.5 Å². The highest BCUT2D eigenvalue weighted by Gasteiger charge is 2.38. The lowest BCUT2D eigenvalue weighted by Crippen LogP contribution is -2.43. The molecule has 1 saturated heterocycles. The molecule has 1 aliphatic heterocycles. The maximum Gasteiger partial charge on any atom is 0.289 e. The van der Waals surface area contributed by atoms with Crippen LogP contribution in [-0.2, 0) is 21.6 Å². The number of amides is 1. The summed E-state index contributed by atoms with van der Waals surface area (Å²) >= 11 is 0. The number of nitrogens with zero attached hydrogens (tertiary/aromatic N) is 3. The summed E-state index contributed by atoms with van der Waals surface area (Å²) in [6.45, 7) is 2.97. The fraction of sp³-hybridized carbons (Fsp3) is 0.167. The Labute approximate surface area is 246 Å². The van der Waals surface area contributed by atoms with E-state index in [2.05, 4.69) is 77.4 Å². The van der Waals surface area contributed by atoms with Gasteiger partial charge in [0.2, 0.25) is 0 Å². The fourth-order valence-corrected chi connectivity index (χ4v) is 5.75. The van der Waals surface area contributed by atoms with Gasteiger partial charge in [0.1, 0.15) is 17.4 Å². The van der Waals surface area contributed by atoms with E-state index in [4.69, 9.17) is 14.5 Å². The van der Waals surface area contributed by atoms with E-state index in [1.165, 1.54) is 0 Å². The van der Waals surface area contributed by atoms with Crippen LogP contribution >= 0.6 is 0 Å². The monoisotopic (exact) mass is 555 g/mol. The second kappa shape index (κ2) is 11.8. The van der Waals surface area contributed by atoms with Crippen LogP contribution in [-0.4, -0.2) is 40.1 Å². The number of ether oxygens (including phenoxy) is 2. The van der Waals surface area contributed by atoms with Crippen LogP contribution in [0.4, 0.5) is 0 Å². The highest BCUT2D eigenvalue weighted by Crippen LogP contribution is 2.41. The first-order chi connectivity index (χ1) is 20.6. The molecule has 0 unspecified atom stereocenters. The van der Waals surface area contributed by atoms with Crippen LogP contribution in [0.15, 0.2) is 134 Å². The highest BCUT2D eigenvalue weighted by molar-refractivity contribution is 5.96. The summed E-state index contributed by atoms with van der Waals surface area (Å²) in [5.41, 5.74) is 4.29. The predicted octanol–water partition coefficient (Wildman–Crippen LogP) is 6.52. The van der Waals surface area contributed by atoms with Crippen LogP contribution in [0, 0.1) is 0 Å². The molecule has 0 aliphatic carbocycles. The quantitative estimate of drug-likeness (QED) is 0.162. The molecular formula is C36H33N3O3. The summed E-state index contributed by atoms with van der Waals surface area (Å²) in [6.07, 6.45) is 5.43. The summed E-state index contributed by atoms with van der Waals surface area (Å²) in [7, 11) is 1.64. The first kappa shape index (κ1) is 27.1. The van der Waals surface area contributed by atoms with Crippen LogP contribution in [0.3, 0.4) is 0 Å². The molecule has 0 saturated carbocycles. The molecule has 0 bridgehead atoms. The van der Waals surface area contributed by atoms with Gasteiger partial charge in [0.15, 0.2) is 5.76 Å². The van der Waals surface area contributed by atoms with Crippen LogP contribution in [0.25, 0.3) is 6.08 Å². The largest absolute Gasteiger partial charge is 0.497 e. The minimum absolute atomic E-state index is 0.147. The number of benzene rings is 4. The predicted molar refractivity (Wildman–Crippen MR) is 164 cm³/mol. The van der Waals surface area contributed by atoms with E-state index in [0.29, 0.717) is 18.8 Å². The number of methoxy groups -OCH3 is 1. The van der Waals surface area contributed by atoms with Gasteiger partial charge in [-0.15, -0.1) is 0 Å². The van der Waals surface area contributed by atoms with Crippen LogP contribution in [0.5, 0.6) is 5.75 Å². The van der Waals surface area contributed by atoms with Crippen molar-refractivity contribution in [2.45, 2.75) is 25.1 Å². The topological polar surface area (TPSA) is 56.6 Å². The number of aromatic nitrogens is 2. The Kier molecular flexibility index (Phi) is 7.60. The van der Waals surface area contributed by atoms with Gasteiger partial charge in [-0.25, -0.2) is 4.98 Å². The van der Waals surface area contributed by atoms with E-state index >= 15 is 0 Å². The van der Waals surface area contributed by atoms with Crippen molar-refractivity contribution < 1.29 is 14.3 Å². The standard InChI is InChI=1S/C36H33N3O3/c1-27-23-38(24-28-18-20-33(41-2)21-19-28)35(40)34(42-27)22-32-25-39(26-37-32)36(29-12-6-3-7-13-29,30-14-8-4-9-15-30)31-16-10-5-11-17-31/h3-22,25-27H,23-24H2,1-2H3/b34-22-/t27-/m0/s1. The lowest BCUT2D eigenvalue weighted by Gasteiger charge is -2.37. The maximum atomic E-state index is 13.5. The molecule has 2 heterocycles. The third kappa shape index (κ3) is 5.19. The Morgan fingerprint density at radius 1 is 0.857 bits per heavy atom. The molecule has 1 aromatic heterocycles. The molecule has 5 aromatic rings. The van der Waals surface area contributed by atoms with Crippen LogP contribution in [0.2, 0.25) is 0 Å². The van der Waals surface area contributed by atoms with Crippen LogP contribution < -0.4 is 4.74 Å². The molecule has 42 heavy (non-hydrogen) atoms. The average Bonchev–Trinajstić information content (AvgIpc) is 3.50. The average molecular weight is 556 g/mol. The van der Waals surface area contributed by atoms with Crippen molar-refractivity contribution in [3.05, 3.63) is 161 Å². The van der Waals surface area contributed by atoms with Gasteiger partial charge in [0.05, 0.1) is 25.7 Å². The van der Waals surface area contributed by atoms with E-state index in [1.54, 1.807) is 13.2 Å². The lowest BCUT2D eigenvalue weighted by molar-refractivity contribution is -0.139. The van der Waals surface area contributed by atoms with Gasteiger partial charge in [0, 0.05) is 18.8 Å². The number of hydrogen-bond acceptors (Lipinski definition) is 4. The molecule has 210 valence electrons. The Bertz CT molecular complexity index is 1570. The Balaban J connectivity index is 1.39. The van der Waals surface area contributed by atoms with E-state index in [0.717, 1.165) is 28.0 Å². The van der Waals surface area contributed by atoms with Crippen LogP contribution in [0.1, 0.15) is 34.9 Å². The smallest absolute Gasteiger partial charge is 0.289 e. The maximum absolute atomic E-state index is 13.5. The lowest BCUT2D eigenvalue weighted by atomic mass is 9.77. The second-order valence-corrected chi connectivity index (χ2v) is 10.5. The molecule has 6 heteroatoms. The normalized spacial score (nSPS) is 16.3. The summed E-state index contributed by atoms with van der Waals surface area (Å²) < 4.78 is 13.5. The van der Waals surface area contributed by atoms with Gasteiger partial charge < -0.3 is 18.9 Å². The minimum Gasteiger partial charge on any atom is -0.497 e. The molecule has 0 N–H and O–H groups in total. The number of carbonyl (C=O) groups excluding carboxylic acids is 1. The molecular weight excluding hydrogens is 522 g/mol. The zero-order chi connectivity index (χ0) is 28.9. The summed E-state index contributed by atoms with van der Waals surface area (Å²) in [5.74, 6) is 0.922. The molecule has 1 fully saturated rings. The Morgan fingerprint density at radius 2 is 1.40 bits per heavy atom. The zero-order valence-corrected chi connectivity index (χ0v) is 23.8. The summed E-state index contributed by atoms with van der Waals surface area (Å²) in [4.78, 5) is 20.1. The Morgan fingerprint density at radius 3 is 1.93 bits per heavy atom. The first-order valence-electron chi connectivity index (χ1n) is 14.1. The number of hydrogen-bond donors (Lipinski definition) is 0. The molecule has 4 aromatic carbocycles. The van der Waals surface area contributed by atoms with E-state index < -0.39 is 5.54 Å². The SMILES string of the molecule is COc1ccc(CN2C[C@H](C)O/C(=C\c3cn(C(c4ccccc4)(c4ccccc4)c4ccccc4)cn3)C2=O)cc1. The minimum atomic E-state index is -0.682. The van der Waals surface area contributed by atoms with Crippen molar-refractivity contribution >= 4 is 12.0 Å². The van der Waals surface area contributed by atoms with Crippen molar-refractivity contribution in [3.8, 4) is 5.75 Å². The highest BCUT2D eigenvalue weighted by atomic mass is 16.5. The third-order valence-corrected chi connectivity index (χ3v) is 7.68. The van der Waals surface area contributed by atoms with Crippen molar-refractivity contribution in [1.29, 1.82) is 0 Å².